The average Bonchev–Trinajstić information content (AvgIpc) is 3.18. The van der Waals surface area contributed by atoms with Crippen molar-refractivity contribution in [2.24, 2.45) is 0 Å². The van der Waals surface area contributed by atoms with E-state index in [4.69, 9.17) is 4.74 Å². The maximum atomic E-state index is 13.6. The normalized spacial score (nSPS) is 17.1. The molecule has 1 atom stereocenters. The highest BCUT2D eigenvalue weighted by Crippen LogP contribution is 2.44. The summed E-state index contributed by atoms with van der Waals surface area (Å²) in [5.74, 6) is -0.795. The second-order valence-corrected chi connectivity index (χ2v) is 9.29. The van der Waals surface area contributed by atoms with E-state index in [9.17, 15) is 14.7 Å². The molecular formula is C31H28N2O4. The second-order valence-electron chi connectivity index (χ2n) is 9.29. The van der Waals surface area contributed by atoms with Crippen molar-refractivity contribution in [2.75, 3.05) is 11.5 Å². The Bertz CT molecular complexity index is 1520. The van der Waals surface area contributed by atoms with E-state index in [1.807, 2.05) is 75.4 Å². The summed E-state index contributed by atoms with van der Waals surface area (Å²) in [7, 11) is 0. The van der Waals surface area contributed by atoms with Gasteiger partial charge in [0.2, 0.25) is 0 Å². The predicted molar refractivity (Wildman–Crippen MR) is 145 cm³/mol. The van der Waals surface area contributed by atoms with Crippen molar-refractivity contribution in [2.45, 2.75) is 32.7 Å². The van der Waals surface area contributed by atoms with Gasteiger partial charge in [-0.2, -0.15) is 0 Å². The average molecular weight is 493 g/mol. The lowest BCUT2D eigenvalue weighted by atomic mass is 9.93. The number of ether oxygens (including phenoxy) is 1. The lowest BCUT2D eigenvalue weighted by Gasteiger charge is -2.26. The number of nitrogens with zero attached hydrogens (tertiary/aromatic N) is 2. The number of hydrogen-bond donors (Lipinski definition) is 1. The van der Waals surface area contributed by atoms with Gasteiger partial charge in [0.05, 0.1) is 23.9 Å². The van der Waals surface area contributed by atoms with Crippen LogP contribution in [0.2, 0.25) is 0 Å². The van der Waals surface area contributed by atoms with E-state index >= 15 is 0 Å². The van der Waals surface area contributed by atoms with Crippen molar-refractivity contribution < 1.29 is 19.4 Å². The Hall–Kier alpha value is -4.45. The molecule has 6 heteroatoms. The van der Waals surface area contributed by atoms with Crippen LogP contribution >= 0.6 is 0 Å². The molecule has 37 heavy (non-hydrogen) atoms. The number of rotatable bonds is 6. The molecule has 0 spiro atoms. The molecule has 4 aromatic rings. The summed E-state index contributed by atoms with van der Waals surface area (Å²) in [6.45, 7) is 6.51. The molecule has 1 aliphatic rings. The van der Waals surface area contributed by atoms with Gasteiger partial charge in [0.25, 0.3) is 11.7 Å². The van der Waals surface area contributed by atoms with Gasteiger partial charge in [0.15, 0.2) is 0 Å². The van der Waals surface area contributed by atoms with E-state index in [1.54, 1.807) is 30.6 Å². The fourth-order valence-electron chi connectivity index (χ4n) is 4.94. The zero-order valence-electron chi connectivity index (χ0n) is 21.0. The van der Waals surface area contributed by atoms with Gasteiger partial charge in [-0.15, -0.1) is 0 Å². The van der Waals surface area contributed by atoms with Crippen molar-refractivity contribution in [1.82, 2.24) is 4.98 Å². The van der Waals surface area contributed by atoms with Crippen LogP contribution in [0, 0.1) is 0 Å². The Morgan fingerprint density at radius 3 is 2.54 bits per heavy atom. The van der Waals surface area contributed by atoms with Crippen LogP contribution in [-0.4, -0.2) is 28.4 Å². The van der Waals surface area contributed by atoms with Gasteiger partial charge in [-0.1, -0.05) is 56.3 Å². The zero-order valence-corrected chi connectivity index (χ0v) is 21.0. The fraction of sp³-hybridized carbons (Fsp3) is 0.194. The topological polar surface area (TPSA) is 79.7 Å². The molecule has 1 aliphatic heterocycles. The smallest absolute Gasteiger partial charge is 0.300 e. The van der Waals surface area contributed by atoms with Crippen LogP contribution < -0.4 is 9.64 Å². The molecule has 3 aromatic carbocycles. The number of carbonyl (C=O) groups excluding carboxylic acids is 2. The number of anilines is 1. The zero-order chi connectivity index (χ0) is 26.1. The van der Waals surface area contributed by atoms with Gasteiger partial charge in [-0.05, 0) is 59.7 Å². The number of aromatic nitrogens is 1. The molecule has 2 heterocycles. The summed E-state index contributed by atoms with van der Waals surface area (Å²) < 4.78 is 5.77. The van der Waals surface area contributed by atoms with Gasteiger partial charge in [-0.3, -0.25) is 19.5 Å². The minimum absolute atomic E-state index is 0.0322. The summed E-state index contributed by atoms with van der Waals surface area (Å²) in [6.07, 6.45) is 3.26. The minimum Gasteiger partial charge on any atom is -0.507 e. The maximum absolute atomic E-state index is 13.6. The molecule has 1 aromatic heterocycles. The largest absolute Gasteiger partial charge is 0.507 e. The Morgan fingerprint density at radius 1 is 1.03 bits per heavy atom. The third kappa shape index (κ3) is 4.25. The first kappa shape index (κ1) is 24.3. The molecule has 186 valence electrons. The molecule has 0 bridgehead atoms. The van der Waals surface area contributed by atoms with E-state index in [-0.39, 0.29) is 17.3 Å². The highest BCUT2D eigenvalue weighted by molar-refractivity contribution is 6.52. The van der Waals surface area contributed by atoms with Crippen LogP contribution in [0.5, 0.6) is 5.75 Å². The number of amides is 1. The molecule has 1 fully saturated rings. The number of aliphatic hydroxyl groups is 1. The molecule has 1 N–H and O–H groups in total. The highest BCUT2D eigenvalue weighted by atomic mass is 16.5. The Kier molecular flexibility index (Phi) is 6.49. The van der Waals surface area contributed by atoms with Crippen LogP contribution in [-0.2, 0) is 9.59 Å². The first-order valence-electron chi connectivity index (χ1n) is 12.4. The van der Waals surface area contributed by atoms with Gasteiger partial charge in [0.1, 0.15) is 11.5 Å². The summed E-state index contributed by atoms with van der Waals surface area (Å²) >= 11 is 0. The quantitative estimate of drug-likeness (QED) is 0.192. The first-order valence-corrected chi connectivity index (χ1v) is 12.4. The van der Waals surface area contributed by atoms with Crippen molar-refractivity contribution in [1.29, 1.82) is 0 Å². The molecule has 0 aliphatic carbocycles. The molecule has 6 nitrogen and oxygen atoms in total. The van der Waals surface area contributed by atoms with Crippen LogP contribution in [0.1, 0.15) is 49.4 Å². The Morgan fingerprint density at radius 2 is 1.81 bits per heavy atom. The number of hydrogen-bond acceptors (Lipinski definition) is 5. The number of carbonyl (C=O) groups is 2. The van der Waals surface area contributed by atoms with E-state index in [1.165, 1.54) is 4.90 Å². The monoisotopic (exact) mass is 492 g/mol. The lowest BCUT2D eigenvalue weighted by molar-refractivity contribution is -0.132. The van der Waals surface area contributed by atoms with E-state index in [2.05, 4.69) is 4.98 Å². The van der Waals surface area contributed by atoms with Gasteiger partial charge in [0, 0.05) is 23.3 Å². The van der Waals surface area contributed by atoms with Crippen LogP contribution in [0.3, 0.4) is 0 Å². The standard InChI is InChI=1S/C31H28N2O4/c1-4-37-26-15-14-21(17-24(26)19(2)3)29(34)27-28(22-11-8-16-32-18-22)33(31(36)30(27)35)25-13-7-10-20-9-5-6-12-23(20)25/h5-19,28,34H,4H2,1-3H3/b29-27+. The van der Waals surface area contributed by atoms with Gasteiger partial charge < -0.3 is 9.84 Å². The Balaban J connectivity index is 1.74. The minimum atomic E-state index is -0.839. The molecular weight excluding hydrogens is 464 g/mol. The molecule has 0 radical (unpaired) electrons. The molecule has 1 saturated heterocycles. The molecule has 1 unspecified atom stereocenters. The van der Waals surface area contributed by atoms with Crippen molar-refractivity contribution in [3.63, 3.8) is 0 Å². The summed E-state index contributed by atoms with van der Waals surface area (Å²) in [4.78, 5) is 32.9. The fourth-order valence-corrected chi connectivity index (χ4v) is 4.94. The molecule has 5 rings (SSSR count). The van der Waals surface area contributed by atoms with Crippen LogP contribution in [0.15, 0.2) is 90.8 Å². The number of benzene rings is 3. The SMILES string of the molecule is CCOc1ccc(/C(O)=C2\C(=O)C(=O)N(c3cccc4ccccc34)C2c2cccnc2)cc1C(C)C. The van der Waals surface area contributed by atoms with Crippen LogP contribution in [0.4, 0.5) is 5.69 Å². The predicted octanol–water partition coefficient (Wildman–Crippen LogP) is 6.38. The number of fused-ring (bicyclic) bond motifs is 1. The van der Waals surface area contributed by atoms with Gasteiger partial charge in [-0.25, -0.2) is 0 Å². The van der Waals surface area contributed by atoms with Gasteiger partial charge >= 0.3 is 0 Å². The molecule has 1 amide bonds. The third-order valence-electron chi connectivity index (χ3n) is 6.68. The number of pyridine rings is 1. The van der Waals surface area contributed by atoms with Crippen molar-refractivity contribution in [3.8, 4) is 5.75 Å². The van der Waals surface area contributed by atoms with E-state index in [0.29, 0.717) is 23.4 Å². The first-order chi connectivity index (χ1) is 17.9. The second kappa shape index (κ2) is 9.90. The lowest BCUT2D eigenvalue weighted by Crippen LogP contribution is -2.29. The Labute approximate surface area is 215 Å². The summed E-state index contributed by atoms with van der Waals surface area (Å²) in [5.41, 5.74) is 2.63. The number of Topliss-reactive ketones (excluding diaryl/α,β-unsaturated/α-hetero) is 1. The molecule has 0 saturated carbocycles. The van der Waals surface area contributed by atoms with Crippen LogP contribution in [0.25, 0.3) is 16.5 Å². The van der Waals surface area contributed by atoms with Crippen molar-refractivity contribution in [3.05, 3.63) is 107 Å². The highest BCUT2D eigenvalue weighted by Gasteiger charge is 2.47. The number of aliphatic hydroxyl groups excluding tert-OH is 1. The summed E-state index contributed by atoms with van der Waals surface area (Å²) in [5, 5.41) is 13.3. The maximum Gasteiger partial charge on any atom is 0.300 e. The third-order valence-corrected chi connectivity index (χ3v) is 6.68. The van der Waals surface area contributed by atoms with E-state index < -0.39 is 17.7 Å². The van der Waals surface area contributed by atoms with E-state index in [0.717, 1.165) is 22.1 Å². The van der Waals surface area contributed by atoms with Crippen molar-refractivity contribution >= 4 is 33.9 Å². The number of ketones is 1. The summed E-state index contributed by atoms with van der Waals surface area (Å²) in [6, 6.07) is 21.4.